The third-order valence-corrected chi connectivity index (χ3v) is 7.41. The number of nitrogens with one attached hydrogen (secondary N) is 1. The molecular weight excluding hydrogens is 505 g/mol. The Hall–Kier alpha value is -4.51. The zero-order valence-corrected chi connectivity index (χ0v) is 21.9. The van der Waals surface area contributed by atoms with Crippen LogP contribution < -0.4 is 21.5 Å². The molecule has 0 unspecified atom stereocenters. The van der Waals surface area contributed by atoms with Crippen LogP contribution in [0.25, 0.3) is 22.3 Å². The number of pyridine rings is 1. The van der Waals surface area contributed by atoms with Gasteiger partial charge in [-0.2, -0.15) is 0 Å². The van der Waals surface area contributed by atoms with E-state index in [0.29, 0.717) is 39.2 Å². The van der Waals surface area contributed by atoms with Crippen molar-refractivity contribution in [1.29, 1.82) is 0 Å². The number of carbonyl (C=O) groups is 2. The number of nitrogens with two attached hydrogens (primary N) is 1. The molecule has 39 heavy (non-hydrogen) atoms. The number of fused-ring (bicyclic) bond motifs is 2. The summed E-state index contributed by atoms with van der Waals surface area (Å²) >= 11 is 0. The van der Waals surface area contributed by atoms with E-state index in [1.165, 1.54) is 40.3 Å². The number of rotatable bonds is 6. The molecule has 0 saturated carbocycles. The zero-order chi connectivity index (χ0) is 28.3. The van der Waals surface area contributed by atoms with Crippen LogP contribution >= 0.6 is 0 Å². The molecule has 2 amide bonds. The van der Waals surface area contributed by atoms with E-state index in [1.807, 2.05) is 0 Å². The predicted molar refractivity (Wildman–Crippen MR) is 144 cm³/mol. The second-order valence-corrected chi connectivity index (χ2v) is 10.3. The fourth-order valence-corrected chi connectivity index (χ4v) is 4.76. The molecule has 3 heterocycles. The highest BCUT2D eigenvalue weighted by Gasteiger charge is 2.45. The molecule has 0 spiro atoms. The summed E-state index contributed by atoms with van der Waals surface area (Å²) in [6.07, 6.45) is 0. The Kier molecular flexibility index (Phi) is 6.06. The van der Waals surface area contributed by atoms with Gasteiger partial charge in [-0.3, -0.25) is 18.7 Å². The molecule has 204 valence electrons. The molecule has 2 aromatic carbocycles. The number of halogens is 1. The minimum Gasteiger partial charge on any atom is -0.489 e. The third-order valence-electron chi connectivity index (χ3n) is 7.41. The maximum Gasteiger partial charge on any atom is 0.328 e. The van der Waals surface area contributed by atoms with Crippen molar-refractivity contribution in [2.75, 3.05) is 13.2 Å². The van der Waals surface area contributed by atoms with Gasteiger partial charge in [0.25, 0.3) is 5.91 Å². The summed E-state index contributed by atoms with van der Waals surface area (Å²) in [6, 6.07) is 12.0. The lowest BCUT2D eigenvalue weighted by Gasteiger charge is -2.26. The zero-order valence-electron chi connectivity index (χ0n) is 21.9. The average molecular weight is 536 g/mol. The van der Waals surface area contributed by atoms with Crippen LogP contribution in [0.1, 0.15) is 36.9 Å². The quantitative estimate of drug-likeness (QED) is 0.345. The normalized spacial score (nSPS) is 17.9. The van der Waals surface area contributed by atoms with Gasteiger partial charge in [-0.15, -0.1) is 0 Å². The number of aliphatic hydroxyl groups is 1. The second-order valence-electron chi connectivity index (χ2n) is 10.3. The van der Waals surface area contributed by atoms with Crippen molar-refractivity contribution >= 4 is 22.8 Å². The fraction of sp³-hybridized carbons (Fsp3) is 0.286. The largest absolute Gasteiger partial charge is 0.489 e. The number of hydrogen-bond donors (Lipinski definition) is 3. The lowest BCUT2D eigenvalue weighted by Crippen LogP contribution is -2.41. The van der Waals surface area contributed by atoms with Crippen LogP contribution in [0.4, 0.5) is 4.39 Å². The number of aromatic nitrogens is 3. The second kappa shape index (κ2) is 9.05. The van der Waals surface area contributed by atoms with Gasteiger partial charge in [0.15, 0.2) is 0 Å². The number of hydrogen-bond acceptors (Lipinski definition) is 6. The Balaban J connectivity index is 0.00000370. The van der Waals surface area contributed by atoms with Gasteiger partial charge in [-0.05, 0) is 62.4 Å². The monoisotopic (exact) mass is 535 g/mol. The smallest absolute Gasteiger partial charge is 0.328 e. The van der Waals surface area contributed by atoms with Crippen molar-refractivity contribution in [2.45, 2.75) is 24.9 Å². The number of ether oxygens (including phenoxy) is 1. The van der Waals surface area contributed by atoms with Gasteiger partial charge in [0.2, 0.25) is 5.91 Å². The third kappa shape index (κ3) is 4.24. The summed E-state index contributed by atoms with van der Waals surface area (Å²) in [7, 11) is 3.28. The molecule has 11 heteroatoms. The minimum atomic E-state index is -1.68. The predicted octanol–water partition coefficient (Wildman–Crippen LogP) is 2.10. The summed E-state index contributed by atoms with van der Waals surface area (Å²) in [5.41, 5.74) is 5.67. The number of aryl methyl sites for hydroxylation is 2. The summed E-state index contributed by atoms with van der Waals surface area (Å²) in [6.45, 7) is 2.89. The molecule has 0 saturated heterocycles. The first-order valence-corrected chi connectivity index (χ1v) is 12.2. The van der Waals surface area contributed by atoms with Crippen LogP contribution in [0.3, 0.4) is 0 Å². The summed E-state index contributed by atoms with van der Waals surface area (Å²) in [5, 5.41) is 14.2. The Morgan fingerprint density at radius 3 is 2.51 bits per heavy atom. The molecule has 0 radical (unpaired) electrons. The SMILES string of the molecule is Cn1c(=O)n(C)c2cc(C(=O)NC[C@](C)(O)c3cc4c(c(-c5ccc(F)cc5)n3)OC[C@]4(C)C(N)=O)ccc21.[HH]. The lowest BCUT2D eigenvalue weighted by atomic mass is 9.82. The van der Waals surface area contributed by atoms with Crippen LogP contribution in [-0.2, 0) is 29.9 Å². The van der Waals surface area contributed by atoms with Crippen molar-refractivity contribution in [3.8, 4) is 17.0 Å². The van der Waals surface area contributed by atoms with E-state index in [-0.39, 0.29) is 26.0 Å². The first-order chi connectivity index (χ1) is 18.3. The molecule has 5 rings (SSSR count). The van der Waals surface area contributed by atoms with E-state index >= 15 is 0 Å². The molecule has 2 aromatic heterocycles. The van der Waals surface area contributed by atoms with Gasteiger partial charge in [-0.1, -0.05) is 0 Å². The highest BCUT2D eigenvalue weighted by atomic mass is 19.1. The number of benzene rings is 2. The number of nitrogens with zero attached hydrogens (tertiary/aromatic N) is 3. The molecule has 4 aromatic rings. The standard InChI is InChI=1S/C28H28FN5O5.H2/c1-27(25(30)36)14-39-23-18(27)12-21(32-22(23)15-5-8-17(29)9-6-15)28(2,38)13-31-24(35)16-7-10-19-20(11-16)34(4)26(37)33(19)3;/h5-12,38H,13-14H2,1-4H3,(H2,30,36)(H,31,35);1H/t27-,28-;/m0./s1. The van der Waals surface area contributed by atoms with Crippen LogP contribution in [0.5, 0.6) is 5.75 Å². The van der Waals surface area contributed by atoms with E-state index in [4.69, 9.17) is 10.5 Å². The van der Waals surface area contributed by atoms with Gasteiger partial charge in [0.05, 0.1) is 23.3 Å². The molecule has 4 N–H and O–H groups in total. The van der Waals surface area contributed by atoms with E-state index in [0.717, 1.165) is 0 Å². The lowest BCUT2D eigenvalue weighted by molar-refractivity contribution is -0.123. The topological polar surface area (TPSA) is 141 Å². The van der Waals surface area contributed by atoms with Crippen molar-refractivity contribution in [3.05, 3.63) is 81.7 Å². The van der Waals surface area contributed by atoms with E-state index < -0.39 is 28.6 Å². The molecule has 10 nitrogen and oxygen atoms in total. The Morgan fingerprint density at radius 1 is 1.18 bits per heavy atom. The molecule has 1 aliphatic rings. The highest BCUT2D eigenvalue weighted by molar-refractivity contribution is 5.97. The Bertz CT molecular complexity index is 1710. The van der Waals surface area contributed by atoms with Gasteiger partial charge in [0, 0.05) is 32.2 Å². The van der Waals surface area contributed by atoms with Crippen LogP contribution in [0, 0.1) is 5.82 Å². The summed E-state index contributed by atoms with van der Waals surface area (Å²) in [4.78, 5) is 42.2. The maximum atomic E-state index is 13.6. The fourth-order valence-electron chi connectivity index (χ4n) is 4.76. The van der Waals surface area contributed by atoms with E-state index in [2.05, 4.69) is 10.3 Å². The number of carbonyl (C=O) groups excluding carboxylic acids is 2. The average Bonchev–Trinajstić information content (AvgIpc) is 3.37. The molecular formula is C28H30FN5O5. The maximum absolute atomic E-state index is 13.6. The van der Waals surface area contributed by atoms with E-state index in [9.17, 15) is 23.9 Å². The summed E-state index contributed by atoms with van der Waals surface area (Å²) in [5.74, 6) is -1.17. The van der Waals surface area contributed by atoms with Crippen molar-refractivity contribution in [1.82, 2.24) is 19.4 Å². The first kappa shape index (κ1) is 26.1. The van der Waals surface area contributed by atoms with E-state index in [1.54, 1.807) is 45.3 Å². The number of imidazole rings is 1. The van der Waals surface area contributed by atoms with Crippen molar-refractivity contribution in [2.24, 2.45) is 19.8 Å². The van der Waals surface area contributed by atoms with Crippen LogP contribution in [0.15, 0.2) is 53.3 Å². The Morgan fingerprint density at radius 2 is 1.85 bits per heavy atom. The van der Waals surface area contributed by atoms with Gasteiger partial charge >= 0.3 is 5.69 Å². The van der Waals surface area contributed by atoms with Crippen molar-refractivity contribution in [3.63, 3.8) is 0 Å². The van der Waals surface area contributed by atoms with Crippen LogP contribution in [0.2, 0.25) is 0 Å². The minimum absolute atomic E-state index is 0. The van der Waals surface area contributed by atoms with Gasteiger partial charge in [0.1, 0.15) is 34.9 Å². The molecule has 0 aliphatic carbocycles. The molecule has 1 aliphatic heterocycles. The van der Waals surface area contributed by atoms with Gasteiger partial charge < -0.3 is 20.9 Å². The van der Waals surface area contributed by atoms with Crippen molar-refractivity contribution < 1.29 is 25.2 Å². The highest BCUT2D eigenvalue weighted by Crippen LogP contribution is 2.45. The Labute approximate surface area is 224 Å². The molecule has 2 atom stereocenters. The summed E-state index contributed by atoms with van der Waals surface area (Å²) < 4.78 is 22.4. The molecule has 0 fully saturated rings. The molecule has 0 bridgehead atoms. The number of amides is 2. The van der Waals surface area contributed by atoms with Gasteiger partial charge in [-0.25, -0.2) is 14.2 Å². The van der Waals surface area contributed by atoms with Crippen LogP contribution in [-0.4, -0.2) is 44.2 Å². The first-order valence-electron chi connectivity index (χ1n) is 12.2. The number of primary amides is 1.